The summed E-state index contributed by atoms with van der Waals surface area (Å²) in [5.74, 6) is -1.43. The molecule has 1 aromatic carbocycles. The SMILES string of the molecule is FC1=CCCC(c2ccccc2)=C1F. The van der Waals surface area contributed by atoms with E-state index in [1.165, 1.54) is 6.08 Å². The minimum absolute atomic E-state index is 0.477. The molecule has 0 aliphatic heterocycles. The van der Waals surface area contributed by atoms with Crippen LogP contribution in [0.25, 0.3) is 5.57 Å². The molecule has 0 aromatic heterocycles. The molecule has 0 atom stereocenters. The largest absolute Gasteiger partial charge is 0.204 e. The van der Waals surface area contributed by atoms with Crippen LogP contribution in [0.5, 0.6) is 0 Å². The van der Waals surface area contributed by atoms with E-state index in [0.29, 0.717) is 18.4 Å². The lowest BCUT2D eigenvalue weighted by Gasteiger charge is -2.12. The van der Waals surface area contributed by atoms with Crippen molar-refractivity contribution in [3.63, 3.8) is 0 Å². The lowest BCUT2D eigenvalue weighted by Crippen LogP contribution is -1.94. The maximum atomic E-state index is 13.4. The average molecular weight is 192 g/mol. The topological polar surface area (TPSA) is 0 Å². The minimum atomic E-state index is -0.727. The Hall–Kier alpha value is -1.44. The van der Waals surface area contributed by atoms with E-state index in [4.69, 9.17) is 0 Å². The van der Waals surface area contributed by atoms with Crippen LogP contribution in [0.1, 0.15) is 18.4 Å². The second-order valence-electron chi connectivity index (χ2n) is 3.25. The molecular formula is C12H10F2. The highest BCUT2D eigenvalue weighted by Crippen LogP contribution is 2.33. The van der Waals surface area contributed by atoms with E-state index in [1.54, 1.807) is 12.1 Å². The van der Waals surface area contributed by atoms with E-state index in [-0.39, 0.29) is 0 Å². The fraction of sp³-hybridized carbons (Fsp3) is 0.167. The number of rotatable bonds is 1. The molecule has 0 bridgehead atoms. The average Bonchev–Trinajstić information content (AvgIpc) is 2.23. The van der Waals surface area contributed by atoms with Gasteiger partial charge in [-0.3, -0.25) is 0 Å². The minimum Gasteiger partial charge on any atom is -0.204 e. The predicted molar refractivity (Wildman–Crippen MR) is 52.9 cm³/mol. The van der Waals surface area contributed by atoms with Gasteiger partial charge in [0.05, 0.1) is 0 Å². The Morgan fingerprint density at radius 2 is 1.71 bits per heavy atom. The highest BCUT2D eigenvalue weighted by atomic mass is 19.2. The van der Waals surface area contributed by atoms with Gasteiger partial charge in [0.2, 0.25) is 0 Å². The molecule has 0 nitrogen and oxygen atoms in total. The van der Waals surface area contributed by atoms with Gasteiger partial charge in [0.15, 0.2) is 11.7 Å². The third-order valence-electron chi connectivity index (χ3n) is 2.31. The molecule has 0 unspecified atom stereocenters. The molecule has 0 fully saturated rings. The maximum absolute atomic E-state index is 13.4. The summed E-state index contributed by atoms with van der Waals surface area (Å²) in [5, 5.41) is 0. The first-order valence-corrected chi connectivity index (χ1v) is 4.59. The summed E-state index contributed by atoms with van der Waals surface area (Å²) >= 11 is 0. The Morgan fingerprint density at radius 1 is 1.00 bits per heavy atom. The molecule has 72 valence electrons. The van der Waals surface area contributed by atoms with Crippen molar-refractivity contribution in [3.05, 3.63) is 53.6 Å². The molecule has 0 spiro atoms. The van der Waals surface area contributed by atoms with Crippen LogP contribution in [0.2, 0.25) is 0 Å². The van der Waals surface area contributed by atoms with Crippen LogP contribution >= 0.6 is 0 Å². The van der Waals surface area contributed by atoms with Gasteiger partial charge >= 0.3 is 0 Å². The first kappa shape index (κ1) is 9.13. The normalized spacial score (nSPS) is 16.9. The van der Waals surface area contributed by atoms with Crippen molar-refractivity contribution < 1.29 is 8.78 Å². The summed E-state index contributed by atoms with van der Waals surface area (Å²) in [6, 6.07) is 9.11. The summed E-state index contributed by atoms with van der Waals surface area (Å²) < 4.78 is 26.3. The molecule has 0 saturated carbocycles. The molecule has 0 saturated heterocycles. The van der Waals surface area contributed by atoms with Crippen molar-refractivity contribution in [2.75, 3.05) is 0 Å². The van der Waals surface area contributed by atoms with Crippen LogP contribution < -0.4 is 0 Å². The van der Waals surface area contributed by atoms with Crippen molar-refractivity contribution in [1.29, 1.82) is 0 Å². The first-order chi connectivity index (χ1) is 6.79. The zero-order valence-electron chi connectivity index (χ0n) is 7.63. The van der Waals surface area contributed by atoms with Crippen LogP contribution in [0.3, 0.4) is 0 Å². The van der Waals surface area contributed by atoms with Crippen molar-refractivity contribution >= 4 is 5.57 Å². The molecule has 2 rings (SSSR count). The van der Waals surface area contributed by atoms with Gasteiger partial charge in [0, 0.05) is 0 Å². The van der Waals surface area contributed by atoms with Crippen molar-refractivity contribution in [1.82, 2.24) is 0 Å². The lowest BCUT2D eigenvalue weighted by atomic mass is 9.96. The van der Waals surface area contributed by atoms with Gasteiger partial charge in [-0.05, 0) is 30.1 Å². The summed E-state index contributed by atoms with van der Waals surface area (Å²) in [6.07, 6.45) is 2.44. The Bertz CT molecular complexity index is 388. The molecule has 0 radical (unpaired) electrons. The fourth-order valence-electron chi connectivity index (χ4n) is 1.60. The smallest absolute Gasteiger partial charge is 0.162 e. The molecular weight excluding hydrogens is 182 g/mol. The third kappa shape index (κ3) is 1.60. The molecule has 0 N–H and O–H groups in total. The molecule has 1 aliphatic rings. The van der Waals surface area contributed by atoms with E-state index in [1.807, 2.05) is 18.2 Å². The first-order valence-electron chi connectivity index (χ1n) is 4.59. The van der Waals surface area contributed by atoms with E-state index >= 15 is 0 Å². The van der Waals surface area contributed by atoms with Crippen LogP contribution in [0.4, 0.5) is 8.78 Å². The summed E-state index contributed by atoms with van der Waals surface area (Å²) in [4.78, 5) is 0. The van der Waals surface area contributed by atoms with Gasteiger partial charge in [-0.25, -0.2) is 8.78 Å². The van der Waals surface area contributed by atoms with Gasteiger partial charge in [-0.2, -0.15) is 0 Å². The monoisotopic (exact) mass is 192 g/mol. The van der Waals surface area contributed by atoms with Gasteiger partial charge in [-0.1, -0.05) is 30.3 Å². The number of hydrogen-bond donors (Lipinski definition) is 0. The predicted octanol–water partition coefficient (Wildman–Crippen LogP) is 4.01. The Kier molecular flexibility index (Phi) is 2.44. The van der Waals surface area contributed by atoms with E-state index in [0.717, 1.165) is 5.56 Å². The van der Waals surface area contributed by atoms with Gasteiger partial charge in [-0.15, -0.1) is 0 Å². The van der Waals surface area contributed by atoms with Gasteiger partial charge in [0.1, 0.15) is 0 Å². The Balaban J connectivity index is 2.44. The highest BCUT2D eigenvalue weighted by molar-refractivity contribution is 5.71. The van der Waals surface area contributed by atoms with Crippen LogP contribution in [-0.2, 0) is 0 Å². The summed E-state index contributed by atoms with van der Waals surface area (Å²) in [6.45, 7) is 0. The zero-order chi connectivity index (χ0) is 9.97. The van der Waals surface area contributed by atoms with Crippen molar-refractivity contribution in [2.45, 2.75) is 12.8 Å². The summed E-state index contributed by atoms with van der Waals surface area (Å²) in [7, 11) is 0. The van der Waals surface area contributed by atoms with E-state index in [2.05, 4.69) is 0 Å². The van der Waals surface area contributed by atoms with Crippen molar-refractivity contribution in [3.8, 4) is 0 Å². The van der Waals surface area contributed by atoms with Crippen LogP contribution in [0, 0.1) is 0 Å². The van der Waals surface area contributed by atoms with Crippen LogP contribution in [-0.4, -0.2) is 0 Å². The number of allylic oxidation sites excluding steroid dienone is 4. The highest BCUT2D eigenvalue weighted by Gasteiger charge is 2.16. The fourth-order valence-corrected chi connectivity index (χ4v) is 1.60. The Labute approximate surface area is 81.6 Å². The number of halogens is 2. The van der Waals surface area contributed by atoms with Gasteiger partial charge in [0.25, 0.3) is 0 Å². The second kappa shape index (κ2) is 3.74. The molecule has 0 heterocycles. The molecule has 1 aromatic rings. The third-order valence-corrected chi connectivity index (χ3v) is 2.31. The molecule has 14 heavy (non-hydrogen) atoms. The molecule has 2 heteroatoms. The standard InChI is InChI=1S/C12H10F2/c13-11-8-4-7-10(12(11)14)9-5-2-1-3-6-9/h1-3,5-6,8H,4,7H2. The Morgan fingerprint density at radius 3 is 2.43 bits per heavy atom. The van der Waals surface area contributed by atoms with E-state index in [9.17, 15) is 8.78 Å². The molecule has 0 amide bonds. The summed E-state index contributed by atoms with van der Waals surface area (Å²) in [5.41, 5.74) is 1.25. The number of benzene rings is 1. The van der Waals surface area contributed by atoms with Gasteiger partial charge < -0.3 is 0 Å². The zero-order valence-corrected chi connectivity index (χ0v) is 7.63. The van der Waals surface area contributed by atoms with Crippen LogP contribution in [0.15, 0.2) is 48.1 Å². The van der Waals surface area contributed by atoms with Crippen molar-refractivity contribution in [2.24, 2.45) is 0 Å². The lowest BCUT2D eigenvalue weighted by molar-refractivity contribution is 0.535. The quantitative estimate of drug-likeness (QED) is 0.630. The second-order valence-corrected chi connectivity index (χ2v) is 3.25. The molecule has 1 aliphatic carbocycles. The maximum Gasteiger partial charge on any atom is 0.162 e. The number of hydrogen-bond acceptors (Lipinski definition) is 0. The van der Waals surface area contributed by atoms with E-state index < -0.39 is 11.7 Å².